The molecule has 4 rings (SSSR count). The number of hydrogen-bond acceptors (Lipinski definition) is 6. The molecule has 0 aliphatic carbocycles. The van der Waals surface area contributed by atoms with Crippen LogP contribution in [0, 0.1) is 11.6 Å². The van der Waals surface area contributed by atoms with E-state index in [4.69, 9.17) is 0 Å². The van der Waals surface area contributed by atoms with Crippen LogP contribution in [-0.4, -0.2) is 35.8 Å². The summed E-state index contributed by atoms with van der Waals surface area (Å²) in [6, 6.07) is 13.7. The van der Waals surface area contributed by atoms with Crippen LogP contribution >= 0.6 is 11.5 Å². The van der Waals surface area contributed by atoms with Gasteiger partial charge in [-0.2, -0.15) is 4.37 Å². The third-order valence-electron chi connectivity index (χ3n) is 4.48. The van der Waals surface area contributed by atoms with Gasteiger partial charge < -0.3 is 0 Å². The van der Waals surface area contributed by atoms with Gasteiger partial charge in [-0.25, -0.2) is 22.2 Å². The molecule has 6 nitrogen and oxygen atoms in total. The molecule has 0 unspecified atom stereocenters. The van der Waals surface area contributed by atoms with Gasteiger partial charge >= 0.3 is 0 Å². The Kier molecular flexibility index (Phi) is 7.83. The molecule has 1 aliphatic rings. The van der Waals surface area contributed by atoms with Crippen molar-refractivity contribution in [2.45, 2.75) is 30.7 Å². The van der Waals surface area contributed by atoms with Crippen molar-refractivity contribution in [2.24, 2.45) is 0 Å². The van der Waals surface area contributed by atoms with Gasteiger partial charge in [0, 0.05) is 25.1 Å². The number of nitrogens with zero attached hydrogens (tertiary/aromatic N) is 3. The largest absolute Gasteiger partial charge is 0.299 e. The zero-order chi connectivity index (χ0) is 21.4. The third-order valence-corrected chi connectivity index (χ3v) is 6.55. The summed E-state index contributed by atoms with van der Waals surface area (Å²) in [6.45, 7) is 1.94. The summed E-state index contributed by atoms with van der Waals surface area (Å²) in [5, 5.41) is -0.00722. The number of anilines is 1. The second kappa shape index (κ2) is 10.6. The molecule has 3 aromatic rings. The maximum Gasteiger partial charge on any atom is 0.266 e. The lowest BCUT2D eigenvalue weighted by molar-refractivity contribution is 0.218. The molecular formula is C20H24F2N4O2S2. The Hall–Kier alpha value is -2.43. The first-order valence-electron chi connectivity index (χ1n) is 9.45. The molecule has 1 saturated heterocycles. The van der Waals surface area contributed by atoms with Crippen LogP contribution in [0.3, 0.4) is 0 Å². The van der Waals surface area contributed by atoms with Gasteiger partial charge in [0.05, 0.1) is 0 Å². The fraction of sp³-hybridized carbons (Fsp3) is 0.300. The maximum atomic E-state index is 14.3. The van der Waals surface area contributed by atoms with Crippen molar-refractivity contribution < 1.29 is 18.6 Å². The number of halogens is 2. The van der Waals surface area contributed by atoms with Crippen LogP contribution in [0.1, 0.15) is 26.3 Å². The Bertz CT molecular complexity index is 1010. The van der Waals surface area contributed by atoms with Crippen LogP contribution in [0.4, 0.5) is 13.9 Å². The number of benzene rings is 2. The molecule has 0 amide bonds. The Morgan fingerprint density at radius 1 is 1.00 bits per heavy atom. The van der Waals surface area contributed by atoms with E-state index in [0.717, 1.165) is 56.0 Å². The van der Waals surface area contributed by atoms with E-state index in [0.29, 0.717) is 0 Å². The lowest BCUT2D eigenvalue weighted by atomic mass is 10.1. The van der Waals surface area contributed by atoms with E-state index in [2.05, 4.69) is 14.1 Å². The fourth-order valence-corrected chi connectivity index (χ4v) is 4.76. The van der Waals surface area contributed by atoms with Gasteiger partial charge in [-0.1, -0.05) is 42.8 Å². The number of rotatable bonds is 5. The highest BCUT2D eigenvalue weighted by atomic mass is 32.2. The topological polar surface area (TPSA) is 75.2 Å². The summed E-state index contributed by atoms with van der Waals surface area (Å²) in [5.41, 5.74) is 0.157. The molecule has 1 N–H and O–H groups in total. The van der Waals surface area contributed by atoms with E-state index in [1.165, 1.54) is 6.33 Å². The Labute approximate surface area is 180 Å². The standard InChI is InChI=1S/C14H16F2N4O2S2.C6H6.H2/c15-11-7-13(24(21,22)19-14-17-9-18-23-14)12(16)6-10(11)8-20-4-2-1-3-5-20;1-2-4-6-5-3-1;/h6-7,9H,1-5,8H2,(H,17,18,19);1-6H;1H. The number of nitrogens with one attached hydrogen (secondary N) is 1. The van der Waals surface area contributed by atoms with E-state index in [9.17, 15) is 17.2 Å². The number of sulfonamides is 1. The molecule has 0 radical (unpaired) electrons. The summed E-state index contributed by atoms with van der Waals surface area (Å²) < 4.78 is 58.7. The van der Waals surface area contributed by atoms with Gasteiger partial charge in [-0.05, 0) is 38.1 Å². The minimum absolute atomic E-state index is 0. The van der Waals surface area contributed by atoms with Gasteiger partial charge in [-0.3, -0.25) is 9.62 Å². The van der Waals surface area contributed by atoms with Crippen LogP contribution in [0.15, 0.2) is 59.8 Å². The van der Waals surface area contributed by atoms with Crippen LogP contribution < -0.4 is 4.72 Å². The minimum atomic E-state index is -4.26. The number of hydrogen-bond donors (Lipinski definition) is 1. The summed E-state index contributed by atoms with van der Waals surface area (Å²) in [7, 11) is -4.26. The van der Waals surface area contributed by atoms with E-state index in [-0.39, 0.29) is 18.7 Å². The highest BCUT2D eigenvalue weighted by Crippen LogP contribution is 2.24. The van der Waals surface area contributed by atoms with Crippen molar-refractivity contribution >= 4 is 26.7 Å². The molecule has 0 atom stereocenters. The second-order valence-corrected chi connectivity index (χ2v) is 9.15. The predicted octanol–water partition coefficient (Wildman–Crippen LogP) is 4.54. The normalized spacial score (nSPS) is 14.6. The summed E-state index contributed by atoms with van der Waals surface area (Å²) >= 11 is 0.807. The van der Waals surface area contributed by atoms with Crippen molar-refractivity contribution in [2.75, 3.05) is 17.8 Å². The highest BCUT2D eigenvalue weighted by molar-refractivity contribution is 7.93. The molecular weight excluding hydrogens is 430 g/mol. The van der Waals surface area contributed by atoms with Gasteiger partial charge in [0.1, 0.15) is 22.9 Å². The van der Waals surface area contributed by atoms with Crippen LogP contribution in [0.2, 0.25) is 0 Å². The molecule has 1 aliphatic heterocycles. The van der Waals surface area contributed by atoms with Crippen molar-refractivity contribution in [3.05, 3.63) is 72.1 Å². The minimum Gasteiger partial charge on any atom is -0.299 e. The Morgan fingerprint density at radius 3 is 2.20 bits per heavy atom. The fourth-order valence-electron chi connectivity index (χ4n) is 3.03. The first-order chi connectivity index (χ1) is 14.5. The summed E-state index contributed by atoms with van der Waals surface area (Å²) in [5.74, 6) is -1.72. The van der Waals surface area contributed by atoms with Gasteiger partial charge in [0.15, 0.2) is 0 Å². The molecule has 1 aromatic heterocycles. The van der Waals surface area contributed by atoms with Crippen LogP contribution in [-0.2, 0) is 16.6 Å². The molecule has 0 saturated carbocycles. The SMILES string of the molecule is O=S(=O)(Nc1ncns1)c1cc(F)c(CN2CCCCC2)cc1F.[HH].c1ccccc1. The maximum absolute atomic E-state index is 14.3. The molecule has 2 aromatic carbocycles. The molecule has 30 heavy (non-hydrogen) atoms. The molecule has 10 heteroatoms. The van der Waals surface area contributed by atoms with Gasteiger partial charge in [0.25, 0.3) is 10.0 Å². The van der Waals surface area contributed by atoms with E-state index in [1.54, 1.807) is 0 Å². The van der Waals surface area contributed by atoms with Crippen LogP contribution in [0.25, 0.3) is 0 Å². The second-order valence-electron chi connectivity index (χ2n) is 6.72. The average Bonchev–Trinajstić information content (AvgIpc) is 3.25. The average molecular weight is 455 g/mol. The van der Waals surface area contributed by atoms with Crippen molar-refractivity contribution in [3.8, 4) is 0 Å². The molecule has 0 bridgehead atoms. The monoisotopic (exact) mass is 454 g/mol. The van der Waals surface area contributed by atoms with Crippen molar-refractivity contribution in [1.82, 2.24) is 14.3 Å². The molecule has 1 fully saturated rings. The highest BCUT2D eigenvalue weighted by Gasteiger charge is 2.24. The quantitative estimate of drug-likeness (QED) is 0.613. The zero-order valence-electron chi connectivity index (χ0n) is 16.2. The number of aromatic nitrogens is 2. The van der Waals surface area contributed by atoms with E-state index < -0.39 is 26.6 Å². The molecule has 2 heterocycles. The van der Waals surface area contributed by atoms with Crippen LogP contribution in [0.5, 0.6) is 0 Å². The first-order valence-corrected chi connectivity index (χ1v) is 11.7. The predicted molar refractivity (Wildman–Crippen MR) is 115 cm³/mol. The van der Waals surface area contributed by atoms with Gasteiger partial charge in [-0.15, -0.1) is 0 Å². The lowest BCUT2D eigenvalue weighted by Gasteiger charge is -2.26. The number of likely N-dealkylation sites (tertiary alicyclic amines) is 1. The first kappa shape index (κ1) is 22.3. The molecule has 0 spiro atoms. The van der Waals surface area contributed by atoms with E-state index >= 15 is 0 Å². The smallest absolute Gasteiger partial charge is 0.266 e. The van der Waals surface area contributed by atoms with Gasteiger partial charge in [0.2, 0.25) is 5.13 Å². The Balaban J connectivity index is 0.000000422. The summed E-state index contributed by atoms with van der Waals surface area (Å²) in [6.07, 6.45) is 4.37. The lowest BCUT2D eigenvalue weighted by Crippen LogP contribution is -2.29. The third kappa shape index (κ3) is 6.28. The van der Waals surface area contributed by atoms with E-state index in [1.807, 2.05) is 41.3 Å². The van der Waals surface area contributed by atoms with Crippen molar-refractivity contribution in [1.29, 1.82) is 0 Å². The summed E-state index contributed by atoms with van der Waals surface area (Å²) in [4.78, 5) is 4.97. The Morgan fingerprint density at radius 2 is 1.63 bits per heavy atom. The number of piperidine rings is 1. The molecule has 162 valence electrons. The zero-order valence-corrected chi connectivity index (χ0v) is 17.8. The van der Waals surface area contributed by atoms with Crippen molar-refractivity contribution in [3.63, 3.8) is 0 Å².